The van der Waals surface area contributed by atoms with E-state index in [0.717, 1.165) is 27.1 Å². The van der Waals surface area contributed by atoms with Crippen molar-refractivity contribution in [2.45, 2.75) is 18.6 Å². The highest BCUT2D eigenvalue weighted by atomic mass is 79.9. The number of fused-ring (bicyclic) bond motifs is 1. The van der Waals surface area contributed by atoms with E-state index in [0.29, 0.717) is 6.42 Å². The maximum Gasteiger partial charge on any atom is 0.127 e. The van der Waals surface area contributed by atoms with Crippen molar-refractivity contribution in [3.8, 4) is 11.5 Å². The lowest BCUT2D eigenvalue weighted by molar-refractivity contribution is 0.0654. The van der Waals surface area contributed by atoms with Gasteiger partial charge in [-0.05, 0) is 35.9 Å². The lowest BCUT2D eigenvalue weighted by Crippen LogP contribution is -2.19. The monoisotopic (exact) mass is 334 g/mol. The zero-order valence-electron chi connectivity index (χ0n) is 11.0. The van der Waals surface area contributed by atoms with Crippen molar-refractivity contribution in [2.24, 2.45) is 0 Å². The minimum Gasteiger partial charge on any atom is -0.497 e. The normalized spacial score (nSPS) is 20.9. The van der Waals surface area contributed by atoms with Crippen molar-refractivity contribution in [1.82, 2.24) is 0 Å². The number of rotatable bonds is 2. The molecule has 2 aromatic carbocycles. The van der Waals surface area contributed by atoms with Gasteiger partial charge in [0, 0.05) is 16.5 Å². The van der Waals surface area contributed by atoms with Gasteiger partial charge in [-0.1, -0.05) is 28.1 Å². The lowest BCUT2D eigenvalue weighted by Gasteiger charge is -2.30. The Bertz CT molecular complexity index is 627. The predicted octanol–water partition coefficient (Wildman–Crippen LogP) is 4.01. The first-order chi connectivity index (χ1) is 9.67. The predicted molar refractivity (Wildman–Crippen MR) is 80.1 cm³/mol. The highest BCUT2D eigenvalue weighted by Gasteiger charge is 2.28. The summed E-state index contributed by atoms with van der Waals surface area (Å²) in [7, 11) is 1.61. The van der Waals surface area contributed by atoms with Crippen LogP contribution in [0.5, 0.6) is 11.5 Å². The number of methoxy groups -OCH3 is 1. The van der Waals surface area contributed by atoms with Crippen LogP contribution in [0.2, 0.25) is 0 Å². The topological polar surface area (TPSA) is 38.7 Å². The molecule has 3 rings (SSSR count). The van der Waals surface area contributed by atoms with Crippen molar-refractivity contribution < 1.29 is 14.6 Å². The van der Waals surface area contributed by atoms with Crippen LogP contribution in [0.3, 0.4) is 0 Å². The van der Waals surface area contributed by atoms with Crippen molar-refractivity contribution in [2.75, 3.05) is 7.11 Å². The average Bonchev–Trinajstić information content (AvgIpc) is 2.47. The summed E-state index contributed by atoms with van der Waals surface area (Å²) in [5, 5.41) is 10.3. The van der Waals surface area contributed by atoms with E-state index in [1.165, 1.54) is 0 Å². The fourth-order valence-electron chi connectivity index (χ4n) is 2.46. The Kier molecular flexibility index (Phi) is 3.68. The van der Waals surface area contributed by atoms with Crippen molar-refractivity contribution in [1.29, 1.82) is 0 Å². The van der Waals surface area contributed by atoms with Crippen LogP contribution < -0.4 is 9.47 Å². The smallest absolute Gasteiger partial charge is 0.127 e. The zero-order chi connectivity index (χ0) is 14.1. The third-order valence-electron chi connectivity index (χ3n) is 3.50. The third-order valence-corrected chi connectivity index (χ3v) is 4.00. The second kappa shape index (κ2) is 5.46. The first-order valence-electron chi connectivity index (χ1n) is 6.45. The van der Waals surface area contributed by atoms with Crippen LogP contribution in [-0.2, 0) is 0 Å². The summed E-state index contributed by atoms with van der Waals surface area (Å²) in [4.78, 5) is 0. The van der Waals surface area contributed by atoms with Gasteiger partial charge in [0.05, 0.1) is 13.2 Å². The molecule has 4 heteroatoms. The van der Waals surface area contributed by atoms with E-state index in [1.54, 1.807) is 7.11 Å². The molecule has 0 radical (unpaired) electrons. The summed E-state index contributed by atoms with van der Waals surface area (Å²) in [6.07, 6.45) is -0.141. The van der Waals surface area contributed by atoms with Gasteiger partial charge in [0.25, 0.3) is 0 Å². The van der Waals surface area contributed by atoms with E-state index in [2.05, 4.69) is 15.9 Å². The molecule has 2 unspecified atom stereocenters. The fourth-order valence-corrected chi connectivity index (χ4v) is 2.88. The molecule has 1 heterocycles. The summed E-state index contributed by atoms with van der Waals surface area (Å²) in [6, 6.07) is 13.5. The van der Waals surface area contributed by atoms with Gasteiger partial charge in [0.1, 0.15) is 17.6 Å². The van der Waals surface area contributed by atoms with Crippen LogP contribution in [0.4, 0.5) is 0 Å². The Labute approximate surface area is 126 Å². The van der Waals surface area contributed by atoms with Crippen LogP contribution in [0.25, 0.3) is 0 Å². The molecule has 0 spiro atoms. The molecule has 1 aliphatic rings. The second-order valence-electron chi connectivity index (χ2n) is 4.82. The molecule has 1 aliphatic heterocycles. The second-order valence-corrected chi connectivity index (χ2v) is 5.73. The summed E-state index contributed by atoms with van der Waals surface area (Å²) in [5.41, 5.74) is 1.84. The highest BCUT2D eigenvalue weighted by molar-refractivity contribution is 9.10. The number of hydrogen-bond acceptors (Lipinski definition) is 3. The van der Waals surface area contributed by atoms with Gasteiger partial charge in [0.15, 0.2) is 0 Å². The van der Waals surface area contributed by atoms with Crippen molar-refractivity contribution in [3.63, 3.8) is 0 Å². The lowest BCUT2D eigenvalue weighted by atomic mass is 9.95. The minimum absolute atomic E-state index is 0.136. The molecule has 0 amide bonds. The summed E-state index contributed by atoms with van der Waals surface area (Å²) in [6.45, 7) is 0. The molecule has 0 saturated carbocycles. The molecule has 20 heavy (non-hydrogen) atoms. The Morgan fingerprint density at radius 1 is 1.25 bits per heavy atom. The minimum atomic E-state index is -0.544. The molecule has 0 aromatic heterocycles. The van der Waals surface area contributed by atoms with Crippen LogP contribution in [-0.4, -0.2) is 12.2 Å². The van der Waals surface area contributed by atoms with E-state index in [-0.39, 0.29) is 6.10 Å². The highest BCUT2D eigenvalue weighted by Crippen LogP contribution is 2.42. The molecule has 2 atom stereocenters. The molecule has 104 valence electrons. The van der Waals surface area contributed by atoms with Gasteiger partial charge < -0.3 is 14.6 Å². The zero-order valence-corrected chi connectivity index (χ0v) is 12.6. The summed E-state index contributed by atoms with van der Waals surface area (Å²) >= 11 is 3.46. The van der Waals surface area contributed by atoms with Gasteiger partial charge in [-0.3, -0.25) is 0 Å². The maximum atomic E-state index is 10.3. The van der Waals surface area contributed by atoms with Gasteiger partial charge in [0.2, 0.25) is 0 Å². The van der Waals surface area contributed by atoms with E-state index in [9.17, 15) is 5.11 Å². The van der Waals surface area contributed by atoms with Crippen LogP contribution in [0.1, 0.15) is 29.8 Å². The van der Waals surface area contributed by atoms with Gasteiger partial charge in [-0.2, -0.15) is 0 Å². The van der Waals surface area contributed by atoms with E-state index < -0.39 is 6.10 Å². The summed E-state index contributed by atoms with van der Waals surface area (Å²) < 4.78 is 12.2. The van der Waals surface area contributed by atoms with E-state index in [4.69, 9.17) is 9.47 Å². The van der Waals surface area contributed by atoms with Gasteiger partial charge >= 0.3 is 0 Å². The van der Waals surface area contributed by atoms with Gasteiger partial charge in [-0.25, -0.2) is 0 Å². The number of aliphatic hydroxyl groups excluding tert-OH is 1. The number of benzene rings is 2. The molecule has 0 fully saturated rings. The van der Waals surface area contributed by atoms with Gasteiger partial charge in [-0.15, -0.1) is 0 Å². The molecular formula is C16H15BrO3. The number of aliphatic hydroxyl groups is 1. The van der Waals surface area contributed by atoms with Crippen LogP contribution in [0.15, 0.2) is 46.9 Å². The molecular weight excluding hydrogens is 320 g/mol. The molecule has 3 nitrogen and oxygen atoms in total. The van der Waals surface area contributed by atoms with Crippen molar-refractivity contribution in [3.05, 3.63) is 58.1 Å². The van der Waals surface area contributed by atoms with Crippen LogP contribution >= 0.6 is 15.9 Å². The Hall–Kier alpha value is -1.52. The first kappa shape index (κ1) is 13.5. The SMILES string of the molecule is COc1ccc2c(c1)C(O)CC(c1cccc(Br)c1)O2. The Morgan fingerprint density at radius 3 is 2.85 bits per heavy atom. The van der Waals surface area contributed by atoms with Crippen LogP contribution in [0, 0.1) is 0 Å². The molecule has 1 N–H and O–H groups in total. The molecule has 0 bridgehead atoms. The molecule has 0 saturated heterocycles. The largest absolute Gasteiger partial charge is 0.497 e. The fraction of sp³-hybridized carbons (Fsp3) is 0.250. The van der Waals surface area contributed by atoms with E-state index in [1.807, 2.05) is 42.5 Å². The van der Waals surface area contributed by atoms with E-state index >= 15 is 0 Å². The first-order valence-corrected chi connectivity index (χ1v) is 7.25. The van der Waals surface area contributed by atoms with Crippen molar-refractivity contribution >= 4 is 15.9 Å². The Morgan fingerprint density at radius 2 is 2.10 bits per heavy atom. The summed E-state index contributed by atoms with van der Waals surface area (Å²) in [5.74, 6) is 1.45. The maximum absolute atomic E-state index is 10.3. The number of hydrogen-bond donors (Lipinski definition) is 1. The standard InChI is InChI=1S/C16H15BrO3/c1-19-12-5-6-15-13(8-12)14(18)9-16(20-15)10-3-2-4-11(17)7-10/h2-8,14,16,18H,9H2,1H3. The third kappa shape index (κ3) is 2.53. The molecule has 0 aliphatic carbocycles. The quantitative estimate of drug-likeness (QED) is 0.901. The number of ether oxygens (including phenoxy) is 2. The average molecular weight is 335 g/mol. The molecule has 2 aromatic rings. The number of halogens is 1. The Balaban J connectivity index is 1.93.